The second kappa shape index (κ2) is 10.4. The van der Waals surface area contributed by atoms with Gasteiger partial charge in [-0.25, -0.2) is 9.59 Å². The summed E-state index contributed by atoms with van der Waals surface area (Å²) >= 11 is 0. The van der Waals surface area contributed by atoms with Gasteiger partial charge in [-0.05, 0) is 5.56 Å². The summed E-state index contributed by atoms with van der Waals surface area (Å²) in [6.45, 7) is 0.305. The molecule has 7 heteroatoms. The van der Waals surface area contributed by atoms with Crippen LogP contribution >= 0.6 is 0 Å². The van der Waals surface area contributed by atoms with E-state index in [1.807, 2.05) is 30.3 Å². The van der Waals surface area contributed by atoms with Crippen LogP contribution in [0.3, 0.4) is 0 Å². The summed E-state index contributed by atoms with van der Waals surface area (Å²) in [4.78, 5) is 23.8. The Hall–Kier alpha value is -2.38. The molecule has 0 radical (unpaired) electrons. The normalized spacial score (nSPS) is 9.87. The number of alkyl carbamates (subject to hydrolysis) is 1. The zero-order chi connectivity index (χ0) is 17.1. The van der Waals surface area contributed by atoms with Crippen molar-refractivity contribution in [1.29, 1.82) is 0 Å². The molecular weight excluding hydrogens is 302 g/mol. The number of amides is 1. The fraction of sp³-hybridized carbons (Fsp3) is 0.375. The monoisotopic (exact) mass is 323 g/mol. The number of ether oxygens (including phenoxy) is 4. The van der Waals surface area contributed by atoms with Crippen molar-refractivity contribution in [2.45, 2.75) is 6.61 Å². The minimum atomic E-state index is -0.765. The van der Waals surface area contributed by atoms with Crippen molar-refractivity contribution in [3.8, 4) is 0 Å². The molecule has 126 valence electrons. The third-order valence-electron chi connectivity index (χ3n) is 2.82. The second-order valence-corrected chi connectivity index (χ2v) is 4.52. The lowest BCUT2D eigenvalue weighted by molar-refractivity contribution is -0.136. The van der Waals surface area contributed by atoms with E-state index in [1.54, 1.807) is 0 Å². The molecule has 0 bridgehead atoms. The number of carbonyl (C=O) groups excluding carboxylic acids is 2. The number of methoxy groups -OCH3 is 3. The largest absolute Gasteiger partial charge is 0.464 e. The summed E-state index contributed by atoms with van der Waals surface area (Å²) in [5.74, 6) is -0.703. The molecule has 1 N–H and O–H groups in total. The Bertz CT molecular complexity index is 533. The number of esters is 1. The van der Waals surface area contributed by atoms with Gasteiger partial charge in [-0.2, -0.15) is 0 Å². The van der Waals surface area contributed by atoms with Crippen LogP contribution in [0, 0.1) is 0 Å². The van der Waals surface area contributed by atoms with Crippen LogP contribution in [0.25, 0.3) is 0 Å². The van der Waals surface area contributed by atoms with Crippen LogP contribution in [0.2, 0.25) is 0 Å². The molecule has 0 aliphatic rings. The molecule has 0 atom stereocenters. The number of benzene rings is 1. The highest BCUT2D eigenvalue weighted by Gasteiger charge is 2.19. The number of hydrogen-bond donors (Lipinski definition) is 1. The third-order valence-corrected chi connectivity index (χ3v) is 2.82. The van der Waals surface area contributed by atoms with Gasteiger partial charge in [0.2, 0.25) is 0 Å². The van der Waals surface area contributed by atoms with Gasteiger partial charge in [0.05, 0.1) is 20.3 Å². The van der Waals surface area contributed by atoms with E-state index in [4.69, 9.17) is 14.2 Å². The maximum Gasteiger partial charge on any atom is 0.412 e. The molecule has 0 saturated carbocycles. The highest BCUT2D eigenvalue weighted by atomic mass is 16.6. The molecule has 0 spiro atoms. The first-order valence-electron chi connectivity index (χ1n) is 6.88. The molecule has 0 fully saturated rings. The van der Waals surface area contributed by atoms with Crippen molar-refractivity contribution >= 4 is 12.1 Å². The molecule has 1 rings (SSSR count). The molecule has 23 heavy (non-hydrogen) atoms. The summed E-state index contributed by atoms with van der Waals surface area (Å²) < 4.78 is 19.8. The van der Waals surface area contributed by atoms with E-state index in [2.05, 4.69) is 10.1 Å². The Kier molecular flexibility index (Phi) is 8.41. The van der Waals surface area contributed by atoms with E-state index >= 15 is 0 Å². The summed E-state index contributed by atoms with van der Waals surface area (Å²) in [5, 5.41) is 2.39. The van der Waals surface area contributed by atoms with Crippen molar-refractivity contribution in [1.82, 2.24) is 5.32 Å². The van der Waals surface area contributed by atoms with Gasteiger partial charge in [-0.15, -0.1) is 0 Å². The molecular formula is C16H21NO6. The minimum absolute atomic E-state index is 0.0470. The molecule has 0 aliphatic heterocycles. The van der Waals surface area contributed by atoms with Gasteiger partial charge in [0.15, 0.2) is 0 Å². The Labute approximate surface area is 135 Å². The smallest absolute Gasteiger partial charge is 0.412 e. The molecule has 1 aromatic carbocycles. The summed E-state index contributed by atoms with van der Waals surface area (Å²) in [7, 11) is 4.16. The first-order valence-corrected chi connectivity index (χ1v) is 6.88. The molecule has 1 amide bonds. The molecule has 0 aromatic heterocycles. The van der Waals surface area contributed by atoms with Crippen molar-refractivity contribution in [2.75, 3.05) is 34.5 Å². The van der Waals surface area contributed by atoms with Gasteiger partial charge in [-0.3, -0.25) is 5.32 Å². The van der Waals surface area contributed by atoms with Gasteiger partial charge in [-0.1, -0.05) is 30.3 Å². The van der Waals surface area contributed by atoms with Crippen molar-refractivity contribution in [3.05, 3.63) is 47.2 Å². The quantitative estimate of drug-likeness (QED) is 0.578. The summed E-state index contributed by atoms with van der Waals surface area (Å²) in [5.41, 5.74) is 1.23. The predicted molar refractivity (Wildman–Crippen MR) is 82.6 cm³/mol. The van der Waals surface area contributed by atoms with E-state index in [9.17, 15) is 9.59 Å². The van der Waals surface area contributed by atoms with Crippen LogP contribution in [0.15, 0.2) is 41.6 Å². The maximum atomic E-state index is 11.9. The van der Waals surface area contributed by atoms with Gasteiger partial charge < -0.3 is 18.9 Å². The molecule has 0 unspecified atom stereocenters. The zero-order valence-electron chi connectivity index (χ0n) is 13.5. The average Bonchev–Trinajstić information content (AvgIpc) is 2.58. The maximum absolute atomic E-state index is 11.9. The number of nitrogens with one attached hydrogen (secondary N) is 1. The van der Waals surface area contributed by atoms with Crippen LogP contribution in [-0.4, -0.2) is 46.6 Å². The molecule has 1 aromatic rings. The van der Waals surface area contributed by atoms with Gasteiger partial charge in [0.1, 0.15) is 12.3 Å². The first kappa shape index (κ1) is 18.7. The van der Waals surface area contributed by atoms with Crippen LogP contribution < -0.4 is 5.32 Å². The third kappa shape index (κ3) is 6.50. The highest BCUT2D eigenvalue weighted by molar-refractivity contribution is 5.93. The van der Waals surface area contributed by atoms with Crippen molar-refractivity contribution < 1.29 is 28.5 Å². The lowest BCUT2D eigenvalue weighted by atomic mass is 10.2. The van der Waals surface area contributed by atoms with E-state index in [-0.39, 0.29) is 25.5 Å². The average molecular weight is 323 g/mol. The predicted octanol–water partition coefficient (Wildman–Crippen LogP) is 1.63. The minimum Gasteiger partial charge on any atom is -0.464 e. The van der Waals surface area contributed by atoms with Crippen molar-refractivity contribution in [2.24, 2.45) is 0 Å². The van der Waals surface area contributed by atoms with E-state index < -0.39 is 12.1 Å². The van der Waals surface area contributed by atoms with Crippen LogP contribution in [0.5, 0.6) is 0 Å². The molecule has 0 saturated heterocycles. The van der Waals surface area contributed by atoms with E-state index in [0.29, 0.717) is 5.57 Å². The van der Waals surface area contributed by atoms with E-state index in [1.165, 1.54) is 21.3 Å². The highest BCUT2D eigenvalue weighted by Crippen LogP contribution is 2.07. The van der Waals surface area contributed by atoms with Crippen molar-refractivity contribution in [3.63, 3.8) is 0 Å². The number of carbonyl (C=O) groups is 2. The fourth-order valence-electron chi connectivity index (χ4n) is 1.78. The molecule has 0 heterocycles. The first-order chi connectivity index (χ1) is 11.1. The summed E-state index contributed by atoms with van der Waals surface area (Å²) in [6.07, 6.45) is -0.765. The topological polar surface area (TPSA) is 83.1 Å². The van der Waals surface area contributed by atoms with Crippen LogP contribution in [-0.2, 0) is 30.3 Å². The second-order valence-electron chi connectivity index (χ2n) is 4.52. The Morgan fingerprint density at radius 2 is 1.61 bits per heavy atom. The van der Waals surface area contributed by atoms with Gasteiger partial charge in [0, 0.05) is 19.8 Å². The Balaban J connectivity index is 2.77. The standard InChI is InChI=1S/C16H21NO6/c1-20-10-13(11-21-2)14(15(18)22-3)17-16(19)23-9-12-7-5-4-6-8-12/h4-8H,9-11H2,1-3H3,(H,17,19). The lowest BCUT2D eigenvalue weighted by Crippen LogP contribution is -2.31. The molecule has 7 nitrogen and oxygen atoms in total. The lowest BCUT2D eigenvalue weighted by Gasteiger charge is -2.14. The van der Waals surface area contributed by atoms with Gasteiger partial charge in [0.25, 0.3) is 0 Å². The molecule has 0 aliphatic carbocycles. The number of hydrogen-bond acceptors (Lipinski definition) is 6. The van der Waals surface area contributed by atoms with Gasteiger partial charge >= 0.3 is 12.1 Å². The number of rotatable bonds is 8. The van der Waals surface area contributed by atoms with Crippen LogP contribution in [0.1, 0.15) is 5.56 Å². The zero-order valence-corrected chi connectivity index (χ0v) is 13.5. The Morgan fingerprint density at radius 3 is 2.13 bits per heavy atom. The SMILES string of the molecule is COCC(COC)=C(NC(=O)OCc1ccccc1)C(=O)OC. The van der Waals surface area contributed by atoms with Crippen LogP contribution in [0.4, 0.5) is 4.79 Å². The fourth-order valence-corrected chi connectivity index (χ4v) is 1.78. The van der Waals surface area contributed by atoms with E-state index in [0.717, 1.165) is 5.56 Å². The summed E-state index contributed by atoms with van der Waals surface area (Å²) in [6, 6.07) is 9.19. The Morgan fingerprint density at radius 1 is 1.00 bits per heavy atom.